The number of hydrogen-bond donors (Lipinski definition) is 1. The number of amides is 2. The van der Waals surface area contributed by atoms with Crippen molar-refractivity contribution in [3.8, 4) is 5.75 Å². The van der Waals surface area contributed by atoms with Crippen molar-refractivity contribution in [2.75, 3.05) is 32.9 Å². The highest BCUT2D eigenvalue weighted by molar-refractivity contribution is 7.89. The highest BCUT2D eigenvalue weighted by atomic mass is 32.2. The van der Waals surface area contributed by atoms with Crippen molar-refractivity contribution >= 4 is 21.8 Å². The van der Waals surface area contributed by atoms with Gasteiger partial charge in [-0.1, -0.05) is 36.4 Å². The zero-order valence-corrected chi connectivity index (χ0v) is 22.5. The molecular weight excluding hydrogens is 520 g/mol. The monoisotopic (exact) mass is 552 g/mol. The Kier molecular flexibility index (Phi) is 9.64. The van der Waals surface area contributed by atoms with Crippen LogP contribution in [-0.4, -0.2) is 73.4 Å². The average Bonchev–Trinajstić information content (AvgIpc) is 2.98. The van der Waals surface area contributed by atoms with Crippen molar-refractivity contribution in [2.45, 2.75) is 31.0 Å². The van der Waals surface area contributed by atoms with Gasteiger partial charge in [0.1, 0.15) is 11.8 Å². The number of carbonyl (C=O) groups excluding carboxylic acids is 2. The second-order valence-electron chi connectivity index (χ2n) is 9.04. The average molecular weight is 553 g/mol. The van der Waals surface area contributed by atoms with E-state index in [4.69, 9.17) is 9.47 Å². The van der Waals surface area contributed by atoms with Crippen molar-refractivity contribution < 1.29 is 27.5 Å². The van der Waals surface area contributed by atoms with Gasteiger partial charge in [-0.2, -0.15) is 4.31 Å². The molecule has 2 aromatic carbocycles. The van der Waals surface area contributed by atoms with Gasteiger partial charge in [0, 0.05) is 38.6 Å². The van der Waals surface area contributed by atoms with E-state index >= 15 is 0 Å². The summed E-state index contributed by atoms with van der Waals surface area (Å²) in [5.74, 6) is -0.341. The first-order valence-corrected chi connectivity index (χ1v) is 14.1. The number of nitrogens with one attached hydrogen (secondary N) is 1. The number of aromatic nitrogens is 1. The number of nitrogens with zero attached hydrogens (tertiary/aromatic N) is 3. The van der Waals surface area contributed by atoms with Crippen LogP contribution in [0, 0.1) is 0 Å². The molecule has 1 fully saturated rings. The summed E-state index contributed by atoms with van der Waals surface area (Å²) < 4.78 is 38.0. The fraction of sp³-hybridized carbons (Fsp3) is 0.321. The van der Waals surface area contributed by atoms with Crippen molar-refractivity contribution in [1.29, 1.82) is 0 Å². The van der Waals surface area contributed by atoms with E-state index in [1.807, 2.05) is 36.4 Å². The van der Waals surface area contributed by atoms with Crippen LogP contribution in [0.2, 0.25) is 0 Å². The molecule has 1 aliphatic heterocycles. The van der Waals surface area contributed by atoms with Crippen LogP contribution < -0.4 is 10.1 Å². The highest BCUT2D eigenvalue weighted by Crippen LogP contribution is 2.21. The van der Waals surface area contributed by atoms with Crippen molar-refractivity contribution in [3.05, 3.63) is 90.3 Å². The van der Waals surface area contributed by atoms with Crippen LogP contribution in [0.3, 0.4) is 0 Å². The lowest BCUT2D eigenvalue weighted by molar-refractivity contribution is -0.142. The van der Waals surface area contributed by atoms with E-state index in [2.05, 4.69) is 10.3 Å². The molecule has 3 aromatic rings. The summed E-state index contributed by atoms with van der Waals surface area (Å²) >= 11 is 0. The first-order valence-electron chi connectivity index (χ1n) is 12.7. The number of pyridine rings is 1. The second kappa shape index (κ2) is 13.3. The van der Waals surface area contributed by atoms with Crippen LogP contribution in [0.25, 0.3) is 0 Å². The highest BCUT2D eigenvalue weighted by Gasteiger charge is 2.28. The van der Waals surface area contributed by atoms with Crippen LogP contribution in [0.4, 0.5) is 0 Å². The number of morpholine rings is 1. The van der Waals surface area contributed by atoms with E-state index in [1.54, 1.807) is 25.4 Å². The van der Waals surface area contributed by atoms with Crippen molar-refractivity contribution in [2.24, 2.45) is 0 Å². The van der Waals surface area contributed by atoms with Crippen LogP contribution in [0.15, 0.2) is 84.0 Å². The van der Waals surface area contributed by atoms with E-state index < -0.39 is 16.1 Å². The Hall–Kier alpha value is -3.80. The first-order chi connectivity index (χ1) is 18.8. The predicted octanol–water partition coefficient (Wildman–Crippen LogP) is 2.21. The minimum atomic E-state index is -3.63. The Morgan fingerprint density at radius 1 is 1.03 bits per heavy atom. The standard InChI is InChI=1S/C28H32N4O6S/c1-22(28(34)30-19-24-8-5-13-29-18-24)32(20-23-6-3-2-4-7-23)27(33)21-38-25-9-11-26(12-10-25)39(35,36)31-14-16-37-17-15-31/h2-13,18,22H,14-17,19-21H2,1H3,(H,30,34)/t22-/m0/s1. The van der Waals surface area contributed by atoms with Gasteiger partial charge in [-0.25, -0.2) is 8.42 Å². The third kappa shape index (κ3) is 7.62. The van der Waals surface area contributed by atoms with E-state index in [9.17, 15) is 18.0 Å². The topological polar surface area (TPSA) is 118 Å². The Morgan fingerprint density at radius 3 is 2.38 bits per heavy atom. The summed E-state index contributed by atoms with van der Waals surface area (Å²) in [5.41, 5.74) is 1.72. The number of benzene rings is 2. The molecule has 1 aromatic heterocycles. The van der Waals surface area contributed by atoms with Crippen LogP contribution >= 0.6 is 0 Å². The van der Waals surface area contributed by atoms with Crippen LogP contribution in [0.1, 0.15) is 18.1 Å². The van der Waals surface area contributed by atoms with E-state index in [-0.39, 0.29) is 29.9 Å². The smallest absolute Gasteiger partial charge is 0.261 e. The molecule has 0 bridgehead atoms. The molecule has 2 heterocycles. The maximum atomic E-state index is 13.3. The van der Waals surface area contributed by atoms with Crippen molar-refractivity contribution in [3.63, 3.8) is 0 Å². The fourth-order valence-electron chi connectivity index (χ4n) is 4.07. The molecule has 1 aliphatic rings. The summed E-state index contributed by atoms with van der Waals surface area (Å²) in [7, 11) is -3.63. The van der Waals surface area contributed by atoms with Gasteiger partial charge in [0.05, 0.1) is 18.1 Å². The zero-order chi connectivity index (χ0) is 27.7. The largest absolute Gasteiger partial charge is 0.484 e. The number of ether oxygens (including phenoxy) is 2. The molecule has 11 heteroatoms. The lowest BCUT2D eigenvalue weighted by Crippen LogP contribution is -2.48. The van der Waals surface area contributed by atoms with E-state index in [1.165, 1.54) is 33.5 Å². The molecule has 1 saturated heterocycles. The molecule has 2 amide bonds. The van der Waals surface area contributed by atoms with Crippen molar-refractivity contribution in [1.82, 2.24) is 19.5 Å². The molecule has 4 rings (SSSR count). The Morgan fingerprint density at radius 2 is 1.72 bits per heavy atom. The van der Waals surface area contributed by atoms with Gasteiger partial charge < -0.3 is 19.7 Å². The van der Waals surface area contributed by atoms with Gasteiger partial charge in [-0.05, 0) is 48.4 Å². The SMILES string of the molecule is C[C@@H](C(=O)NCc1cccnc1)N(Cc1ccccc1)C(=O)COc1ccc(S(=O)(=O)N2CCOCC2)cc1. The molecule has 39 heavy (non-hydrogen) atoms. The molecular formula is C28H32N4O6S. The van der Waals surface area contributed by atoms with Gasteiger partial charge in [0.2, 0.25) is 15.9 Å². The molecule has 0 aliphatic carbocycles. The van der Waals surface area contributed by atoms with Crippen LogP contribution in [-0.2, 0) is 37.4 Å². The van der Waals surface area contributed by atoms with Gasteiger partial charge in [-0.15, -0.1) is 0 Å². The number of hydrogen-bond acceptors (Lipinski definition) is 7. The summed E-state index contributed by atoms with van der Waals surface area (Å²) in [6, 6.07) is 18.2. The maximum Gasteiger partial charge on any atom is 0.261 e. The zero-order valence-electron chi connectivity index (χ0n) is 21.7. The fourth-order valence-corrected chi connectivity index (χ4v) is 5.48. The van der Waals surface area contributed by atoms with Gasteiger partial charge >= 0.3 is 0 Å². The summed E-state index contributed by atoms with van der Waals surface area (Å²) in [5, 5.41) is 2.86. The normalized spacial score (nSPS) is 14.8. The van der Waals surface area contributed by atoms with E-state index in [0.29, 0.717) is 38.6 Å². The molecule has 0 spiro atoms. The van der Waals surface area contributed by atoms with Gasteiger partial charge in [0.15, 0.2) is 6.61 Å². The second-order valence-corrected chi connectivity index (χ2v) is 11.0. The minimum Gasteiger partial charge on any atom is -0.484 e. The minimum absolute atomic E-state index is 0.146. The Bertz CT molecular complexity index is 1330. The number of rotatable bonds is 11. The quantitative estimate of drug-likeness (QED) is 0.388. The predicted molar refractivity (Wildman–Crippen MR) is 144 cm³/mol. The summed E-state index contributed by atoms with van der Waals surface area (Å²) in [4.78, 5) is 31.9. The lowest BCUT2D eigenvalue weighted by atomic mass is 10.1. The maximum absolute atomic E-state index is 13.3. The molecule has 1 N–H and O–H groups in total. The number of carbonyl (C=O) groups is 2. The van der Waals surface area contributed by atoms with Gasteiger partial charge in [0.25, 0.3) is 5.91 Å². The molecule has 0 saturated carbocycles. The summed E-state index contributed by atoms with van der Waals surface area (Å²) in [6.45, 7) is 3.21. The first kappa shape index (κ1) is 28.2. The molecule has 10 nitrogen and oxygen atoms in total. The number of sulfonamides is 1. The lowest BCUT2D eigenvalue weighted by Gasteiger charge is -2.29. The Balaban J connectivity index is 1.40. The summed E-state index contributed by atoms with van der Waals surface area (Å²) in [6.07, 6.45) is 3.33. The molecule has 1 atom stereocenters. The molecule has 206 valence electrons. The third-order valence-electron chi connectivity index (χ3n) is 6.35. The van der Waals surface area contributed by atoms with E-state index in [0.717, 1.165) is 11.1 Å². The third-order valence-corrected chi connectivity index (χ3v) is 8.26. The van der Waals surface area contributed by atoms with Crippen LogP contribution in [0.5, 0.6) is 5.75 Å². The Labute approximate surface area is 228 Å². The molecule has 0 radical (unpaired) electrons. The van der Waals surface area contributed by atoms with Gasteiger partial charge in [-0.3, -0.25) is 14.6 Å². The molecule has 0 unspecified atom stereocenters.